The molecule has 0 aliphatic heterocycles. The largest absolute Gasteiger partial charge is 0.394 e. The third-order valence-corrected chi connectivity index (χ3v) is 4.16. The summed E-state index contributed by atoms with van der Waals surface area (Å²) in [6.45, 7) is 5.33. The highest BCUT2D eigenvalue weighted by Crippen LogP contribution is 2.23. The number of hydrogen-bond acceptors (Lipinski definition) is 3. The van der Waals surface area contributed by atoms with Crippen molar-refractivity contribution in [3.8, 4) is 0 Å². The third-order valence-electron chi connectivity index (χ3n) is 4.16. The van der Waals surface area contributed by atoms with Crippen LogP contribution in [0.4, 0.5) is 0 Å². The molecule has 3 heteroatoms. The zero-order chi connectivity index (χ0) is 14.3. The number of nitrogens with zero attached hydrogens (tertiary/aromatic N) is 1. The van der Waals surface area contributed by atoms with Crippen LogP contribution < -0.4 is 5.32 Å². The van der Waals surface area contributed by atoms with Gasteiger partial charge in [-0.3, -0.25) is 0 Å². The normalized spacial score (nSPS) is 14.9. The van der Waals surface area contributed by atoms with Gasteiger partial charge in [0.2, 0.25) is 0 Å². The van der Waals surface area contributed by atoms with Crippen LogP contribution >= 0.6 is 0 Å². The first-order chi connectivity index (χ1) is 9.13. The van der Waals surface area contributed by atoms with Gasteiger partial charge in [-0.25, -0.2) is 0 Å². The van der Waals surface area contributed by atoms with E-state index in [1.54, 1.807) is 0 Å². The number of likely N-dealkylation sites (N-methyl/N-ethyl adjacent to an activating group) is 2. The van der Waals surface area contributed by atoms with E-state index in [1.165, 1.54) is 0 Å². The Hall–Kier alpha value is -0.900. The topological polar surface area (TPSA) is 35.5 Å². The molecule has 2 N–H and O–H groups in total. The molecule has 1 aromatic rings. The number of rotatable bonds is 8. The Morgan fingerprint density at radius 2 is 1.79 bits per heavy atom. The molecule has 0 heterocycles. The molecule has 0 saturated heterocycles. The molecule has 1 atom stereocenters. The smallest absolute Gasteiger partial charge is 0.0795 e. The van der Waals surface area contributed by atoms with E-state index >= 15 is 0 Å². The summed E-state index contributed by atoms with van der Waals surface area (Å²) in [6.07, 6.45) is 2.26. The van der Waals surface area contributed by atoms with Crippen LogP contribution in [0.2, 0.25) is 0 Å². The minimum absolute atomic E-state index is 0.0952. The molecule has 0 aliphatic carbocycles. The van der Waals surface area contributed by atoms with Crippen molar-refractivity contribution in [1.29, 1.82) is 0 Å². The Labute approximate surface area is 117 Å². The Morgan fingerprint density at radius 1 is 1.21 bits per heavy atom. The van der Waals surface area contributed by atoms with E-state index in [1.807, 2.05) is 25.2 Å². The van der Waals surface area contributed by atoms with Crippen LogP contribution in [0.3, 0.4) is 0 Å². The minimum atomic E-state index is -0.390. The van der Waals surface area contributed by atoms with Gasteiger partial charge in [0.1, 0.15) is 0 Å². The molecule has 0 saturated carbocycles. The van der Waals surface area contributed by atoms with Gasteiger partial charge in [0.05, 0.1) is 12.1 Å². The summed E-state index contributed by atoms with van der Waals surface area (Å²) in [4.78, 5) is 2.35. The summed E-state index contributed by atoms with van der Waals surface area (Å²) in [5.74, 6) is 0. The fraction of sp³-hybridized carbons (Fsp3) is 0.625. The lowest BCUT2D eigenvalue weighted by atomic mass is 9.89. The average Bonchev–Trinajstić information content (AvgIpc) is 2.47. The maximum absolute atomic E-state index is 9.92. The van der Waals surface area contributed by atoms with Gasteiger partial charge in [0, 0.05) is 12.6 Å². The van der Waals surface area contributed by atoms with Gasteiger partial charge < -0.3 is 15.3 Å². The van der Waals surface area contributed by atoms with E-state index in [9.17, 15) is 5.11 Å². The second-order valence-corrected chi connectivity index (χ2v) is 5.24. The fourth-order valence-corrected chi connectivity index (χ4v) is 2.76. The first kappa shape index (κ1) is 16.2. The van der Waals surface area contributed by atoms with Gasteiger partial charge in [-0.05, 0) is 32.5 Å². The maximum Gasteiger partial charge on any atom is 0.0795 e. The fourth-order valence-electron chi connectivity index (χ4n) is 2.76. The lowest BCUT2D eigenvalue weighted by molar-refractivity contribution is 0.101. The van der Waals surface area contributed by atoms with Crippen molar-refractivity contribution in [2.75, 3.05) is 27.2 Å². The molecule has 0 radical (unpaired) electrons. The lowest BCUT2D eigenvalue weighted by Gasteiger charge is -2.38. The first-order valence-corrected chi connectivity index (χ1v) is 7.19. The van der Waals surface area contributed by atoms with Crippen molar-refractivity contribution in [2.45, 2.75) is 38.3 Å². The first-order valence-electron chi connectivity index (χ1n) is 7.19. The van der Waals surface area contributed by atoms with Crippen LogP contribution in [0.15, 0.2) is 30.3 Å². The molecule has 0 spiro atoms. The second-order valence-electron chi connectivity index (χ2n) is 5.24. The molecular weight excluding hydrogens is 236 g/mol. The minimum Gasteiger partial charge on any atom is -0.394 e. The highest BCUT2D eigenvalue weighted by Gasteiger charge is 2.32. The molecule has 1 rings (SSSR count). The van der Waals surface area contributed by atoms with Crippen LogP contribution in [0.1, 0.15) is 32.3 Å². The van der Waals surface area contributed by atoms with Crippen LogP contribution in [0.5, 0.6) is 0 Å². The monoisotopic (exact) mass is 264 g/mol. The molecule has 0 amide bonds. The number of hydrogen-bond donors (Lipinski definition) is 2. The predicted molar refractivity (Wildman–Crippen MR) is 81.3 cm³/mol. The van der Waals surface area contributed by atoms with Gasteiger partial charge in [0.15, 0.2) is 0 Å². The van der Waals surface area contributed by atoms with E-state index in [0.29, 0.717) is 6.04 Å². The quantitative estimate of drug-likeness (QED) is 0.756. The summed E-state index contributed by atoms with van der Waals surface area (Å²) < 4.78 is 0. The third kappa shape index (κ3) is 3.78. The molecule has 0 aromatic heterocycles. The number of benzene rings is 1. The summed E-state index contributed by atoms with van der Waals surface area (Å²) in [6, 6.07) is 10.8. The van der Waals surface area contributed by atoms with Gasteiger partial charge in [-0.15, -0.1) is 0 Å². The van der Waals surface area contributed by atoms with E-state index in [0.717, 1.165) is 24.9 Å². The van der Waals surface area contributed by atoms with E-state index in [2.05, 4.69) is 43.2 Å². The number of aliphatic hydroxyl groups excluding tert-OH is 1. The van der Waals surface area contributed by atoms with Crippen LogP contribution in [-0.4, -0.2) is 43.3 Å². The van der Waals surface area contributed by atoms with Gasteiger partial charge in [0.25, 0.3) is 0 Å². The van der Waals surface area contributed by atoms with Crippen molar-refractivity contribution in [3.63, 3.8) is 0 Å². The van der Waals surface area contributed by atoms with Crippen molar-refractivity contribution in [2.24, 2.45) is 0 Å². The zero-order valence-electron chi connectivity index (χ0n) is 12.7. The highest BCUT2D eigenvalue weighted by atomic mass is 16.3. The van der Waals surface area contributed by atoms with Crippen LogP contribution in [-0.2, 0) is 5.54 Å². The van der Waals surface area contributed by atoms with Crippen molar-refractivity contribution in [3.05, 3.63) is 35.9 Å². The van der Waals surface area contributed by atoms with Gasteiger partial charge in [-0.1, -0.05) is 44.2 Å². The Balaban J connectivity index is 2.94. The Bertz CT molecular complexity index is 345. The highest BCUT2D eigenvalue weighted by molar-refractivity contribution is 5.25. The standard InChI is InChI=1S/C16H28N2O/c1-5-15(6-2)18(4)12-16(13-19,17-3)14-10-8-7-9-11-14/h7-11,15,17,19H,5-6,12-13H2,1-4H3. The number of nitrogens with one attached hydrogen (secondary N) is 1. The summed E-state index contributed by atoms with van der Waals surface area (Å²) >= 11 is 0. The predicted octanol–water partition coefficient (Wildman–Crippen LogP) is 2.21. The molecular formula is C16H28N2O. The van der Waals surface area contributed by atoms with E-state index < -0.39 is 5.54 Å². The SMILES string of the molecule is CCC(CC)N(C)CC(CO)(NC)c1ccccc1. The zero-order valence-corrected chi connectivity index (χ0v) is 12.7. The van der Waals surface area contributed by atoms with Gasteiger partial charge >= 0.3 is 0 Å². The summed E-state index contributed by atoms with van der Waals surface area (Å²) in [5.41, 5.74) is 0.747. The Morgan fingerprint density at radius 3 is 2.21 bits per heavy atom. The summed E-state index contributed by atoms with van der Waals surface area (Å²) in [7, 11) is 4.06. The van der Waals surface area contributed by atoms with Gasteiger partial charge in [-0.2, -0.15) is 0 Å². The van der Waals surface area contributed by atoms with Crippen molar-refractivity contribution >= 4 is 0 Å². The van der Waals surface area contributed by atoms with E-state index in [-0.39, 0.29) is 6.61 Å². The molecule has 1 unspecified atom stereocenters. The molecule has 0 fully saturated rings. The molecule has 0 bridgehead atoms. The molecule has 19 heavy (non-hydrogen) atoms. The maximum atomic E-state index is 9.92. The van der Waals surface area contributed by atoms with Crippen LogP contribution in [0.25, 0.3) is 0 Å². The summed E-state index contributed by atoms with van der Waals surface area (Å²) in [5, 5.41) is 13.2. The number of aliphatic hydroxyl groups is 1. The van der Waals surface area contributed by atoms with Crippen molar-refractivity contribution in [1.82, 2.24) is 10.2 Å². The lowest BCUT2D eigenvalue weighted by Crippen LogP contribution is -2.53. The Kier molecular flexibility index (Phi) is 6.49. The average molecular weight is 264 g/mol. The van der Waals surface area contributed by atoms with Crippen LogP contribution in [0, 0.1) is 0 Å². The van der Waals surface area contributed by atoms with Crippen molar-refractivity contribution < 1.29 is 5.11 Å². The second kappa shape index (κ2) is 7.63. The molecule has 0 aliphatic rings. The molecule has 108 valence electrons. The molecule has 3 nitrogen and oxygen atoms in total. The van der Waals surface area contributed by atoms with E-state index in [4.69, 9.17) is 0 Å². The molecule has 1 aromatic carbocycles.